The third-order valence-corrected chi connectivity index (χ3v) is 8.59. The van der Waals surface area contributed by atoms with E-state index in [1.165, 1.54) is 12.8 Å². The Labute approximate surface area is 126 Å². The molecule has 0 nitrogen and oxygen atoms in total. The van der Waals surface area contributed by atoms with Gasteiger partial charge in [-0.3, -0.25) is 0 Å². The third-order valence-electron chi connectivity index (χ3n) is 8.59. The van der Waals surface area contributed by atoms with Crippen LogP contribution in [0, 0.1) is 29.1 Å². The number of rotatable bonds is 1. The summed E-state index contributed by atoms with van der Waals surface area (Å²) in [5.41, 5.74) is 0.677. The van der Waals surface area contributed by atoms with Crippen molar-refractivity contribution in [3.63, 3.8) is 0 Å². The summed E-state index contributed by atoms with van der Waals surface area (Å²) in [6.45, 7) is 8.86. The van der Waals surface area contributed by atoms with Crippen LogP contribution in [-0.4, -0.2) is 6.71 Å². The van der Waals surface area contributed by atoms with E-state index in [4.69, 9.17) is 0 Å². The van der Waals surface area contributed by atoms with Gasteiger partial charge in [-0.1, -0.05) is 83.7 Å². The minimum atomic E-state index is 0.677. The molecule has 2 bridgehead atoms. The van der Waals surface area contributed by atoms with E-state index >= 15 is 0 Å². The second kappa shape index (κ2) is 4.78. The highest BCUT2D eigenvalue weighted by molar-refractivity contribution is 6.62. The topological polar surface area (TPSA) is 0 Å². The first-order valence-corrected chi connectivity index (χ1v) is 9.59. The van der Waals surface area contributed by atoms with Crippen molar-refractivity contribution in [2.45, 2.75) is 90.1 Å². The van der Waals surface area contributed by atoms with Gasteiger partial charge in [-0.2, -0.15) is 0 Å². The molecule has 5 fully saturated rings. The fourth-order valence-electron chi connectivity index (χ4n) is 7.27. The minimum Gasteiger partial charge on any atom is -0.0737 e. The maximum Gasteiger partial charge on any atom is 0.146 e. The van der Waals surface area contributed by atoms with E-state index in [-0.39, 0.29) is 0 Å². The maximum absolute atomic E-state index is 2.62. The van der Waals surface area contributed by atoms with Gasteiger partial charge in [0.05, 0.1) is 0 Å². The van der Waals surface area contributed by atoms with E-state index in [9.17, 15) is 0 Å². The average Bonchev–Trinajstić information content (AvgIpc) is 2.46. The normalized spacial score (nSPS) is 50.2. The Balaban J connectivity index is 1.52. The lowest BCUT2D eigenvalue weighted by atomic mass is 9.21. The van der Waals surface area contributed by atoms with E-state index < -0.39 is 0 Å². The van der Waals surface area contributed by atoms with Crippen LogP contribution in [0.1, 0.15) is 72.1 Å². The van der Waals surface area contributed by atoms with Gasteiger partial charge >= 0.3 is 0 Å². The van der Waals surface area contributed by atoms with E-state index in [0.717, 1.165) is 42.0 Å². The van der Waals surface area contributed by atoms with Crippen molar-refractivity contribution >= 4 is 6.71 Å². The summed E-state index contributed by atoms with van der Waals surface area (Å²) in [6, 6.07) is 0. The van der Waals surface area contributed by atoms with Gasteiger partial charge in [0.15, 0.2) is 0 Å². The molecular formula is C19H33B. The molecule has 4 aliphatic carbocycles. The lowest BCUT2D eigenvalue weighted by Gasteiger charge is -2.64. The summed E-state index contributed by atoms with van der Waals surface area (Å²) in [5, 5.41) is 0. The SMILES string of the molecule is C[C@@H]1[C@H]2C[C@@H](C[C@H]1B1CCC[C@@H]3CCCC[C@@H]13)C2(C)C. The summed E-state index contributed by atoms with van der Waals surface area (Å²) in [4.78, 5) is 0. The Morgan fingerprint density at radius 3 is 2.40 bits per heavy atom. The van der Waals surface area contributed by atoms with Gasteiger partial charge in [-0.15, -0.1) is 0 Å². The van der Waals surface area contributed by atoms with Crippen LogP contribution < -0.4 is 0 Å². The fourth-order valence-corrected chi connectivity index (χ4v) is 7.27. The summed E-state index contributed by atoms with van der Waals surface area (Å²) >= 11 is 0. The largest absolute Gasteiger partial charge is 0.146 e. The van der Waals surface area contributed by atoms with E-state index in [1.54, 1.807) is 44.8 Å². The number of fused-ring (bicyclic) bond motifs is 3. The highest BCUT2D eigenvalue weighted by atomic mass is 14.6. The quantitative estimate of drug-likeness (QED) is 0.521. The predicted molar refractivity (Wildman–Crippen MR) is 88.4 cm³/mol. The smallest absolute Gasteiger partial charge is 0.0737 e. The van der Waals surface area contributed by atoms with Crippen LogP contribution >= 0.6 is 0 Å². The molecule has 1 aliphatic heterocycles. The molecule has 20 heavy (non-hydrogen) atoms. The molecule has 4 saturated carbocycles. The molecule has 0 N–H and O–H groups in total. The Morgan fingerprint density at radius 1 is 0.900 bits per heavy atom. The molecule has 1 heteroatoms. The highest BCUT2D eigenvalue weighted by Gasteiger charge is 2.58. The zero-order valence-electron chi connectivity index (χ0n) is 13.9. The molecule has 0 aromatic rings. The molecule has 5 aliphatic rings. The molecule has 0 radical (unpaired) electrons. The van der Waals surface area contributed by atoms with Crippen molar-refractivity contribution in [1.29, 1.82) is 0 Å². The molecule has 1 heterocycles. The molecule has 6 atom stereocenters. The highest BCUT2D eigenvalue weighted by Crippen LogP contribution is 2.66. The monoisotopic (exact) mass is 272 g/mol. The summed E-state index contributed by atoms with van der Waals surface area (Å²) in [7, 11) is 0. The zero-order chi connectivity index (χ0) is 13.9. The molecule has 112 valence electrons. The Hall–Kier alpha value is 0.0649. The molecule has 5 rings (SSSR count). The van der Waals surface area contributed by atoms with E-state index in [0.29, 0.717) is 5.41 Å². The first-order valence-electron chi connectivity index (χ1n) is 9.59. The molecule has 0 unspecified atom stereocenters. The zero-order valence-corrected chi connectivity index (χ0v) is 13.9. The van der Waals surface area contributed by atoms with Gasteiger partial charge in [-0.25, -0.2) is 0 Å². The van der Waals surface area contributed by atoms with Gasteiger partial charge in [0, 0.05) is 0 Å². The van der Waals surface area contributed by atoms with Crippen LogP contribution in [0.3, 0.4) is 0 Å². The van der Waals surface area contributed by atoms with Crippen LogP contribution in [0.5, 0.6) is 0 Å². The molecule has 0 spiro atoms. The van der Waals surface area contributed by atoms with Crippen molar-refractivity contribution in [2.75, 3.05) is 0 Å². The third kappa shape index (κ3) is 1.87. The first-order chi connectivity index (χ1) is 9.59. The van der Waals surface area contributed by atoms with Gasteiger partial charge in [0.2, 0.25) is 0 Å². The van der Waals surface area contributed by atoms with Crippen LogP contribution in [0.25, 0.3) is 0 Å². The lowest BCUT2D eigenvalue weighted by Crippen LogP contribution is -2.56. The summed E-state index contributed by atoms with van der Waals surface area (Å²) in [5.74, 6) is 6.48. The second-order valence-corrected chi connectivity index (χ2v) is 9.42. The Kier molecular flexibility index (Phi) is 3.28. The molecular weight excluding hydrogens is 239 g/mol. The molecule has 1 saturated heterocycles. The first kappa shape index (κ1) is 13.7. The standard InChI is InChI=1S/C19H33B/c1-13-16-11-15(19(16,2)3)12-18(13)20-10-6-8-14-7-4-5-9-17(14)20/h13-18H,4-12H2,1-3H3/t13-,14+,15+,16-,17-,18-/m1/s1. The summed E-state index contributed by atoms with van der Waals surface area (Å²) in [6.07, 6.45) is 14.1. The minimum absolute atomic E-state index is 0.677. The van der Waals surface area contributed by atoms with Crippen molar-refractivity contribution < 1.29 is 0 Å². The number of hydrogen-bond acceptors (Lipinski definition) is 0. The maximum atomic E-state index is 2.62. The van der Waals surface area contributed by atoms with Crippen LogP contribution in [-0.2, 0) is 0 Å². The molecule has 0 aromatic heterocycles. The summed E-state index contributed by atoms with van der Waals surface area (Å²) < 4.78 is 0. The van der Waals surface area contributed by atoms with Gasteiger partial charge in [0.1, 0.15) is 6.71 Å². The average molecular weight is 272 g/mol. The Morgan fingerprint density at radius 2 is 1.65 bits per heavy atom. The van der Waals surface area contributed by atoms with Gasteiger partial charge in [0.25, 0.3) is 0 Å². The van der Waals surface area contributed by atoms with Crippen molar-refractivity contribution in [3.05, 3.63) is 0 Å². The van der Waals surface area contributed by atoms with Crippen LogP contribution in [0.15, 0.2) is 0 Å². The van der Waals surface area contributed by atoms with Crippen molar-refractivity contribution in [2.24, 2.45) is 29.1 Å². The van der Waals surface area contributed by atoms with E-state index in [1.807, 2.05) is 0 Å². The molecule has 0 aromatic carbocycles. The van der Waals surface area contributed by atoms with E-state index in [2.05, 4.69) is 20.8 Å². The number of hydrogen-bond donors (Lipinski definition) is 0. The predicted octanol–water partition coefficient (Wildman–Crippen LogP) is 5.91. The van der Waals surface area contributed by atoms with Crippen molar-refractivity contribution in [3.8, 4) is 0 Å². The second-order valence-electron chi connectivity index (χ2n) is 9.42. The van der Waals surface area contributed by atoms with Gasteiger partial charge < -0.3 is 0 Å². The Bertz CT molecular complexity index is 372. The van der Waals surface area contributed by atoms with Crippen molar-refractivity contribution in [1.82, 2.24) is 0 Å². The van der Waals surface area contributed by atoms with Crippen LogP contribution in [0.2, 0.25) is 18.0 Å². The van der Waals surface area contributed by atoms with Crippen LogP contribution in [0.4, 0.5) is 0 Å². The molecule has 0 amide bonds. The lowest BCUT2D eigenvalue weighted by molar-refractivity contribution is -0.0997. The van der Waals surface area contributed by atoms with Gasteiger partial charge in [-0.05, 0) is 35.5 Å². The fraction of sp³-hybridized carbons (Fsp3) is 1.00.